The molecule has 53 heavy (non-hydrogen) atoms. The normalized spacial score (nSPS) is 11.8. The predicted octanol–water partition coefficient (Wildman–Crippen LogP) is 12.9. The molecule has 8 aromatic carbocycles. The molecule has 0 atom stereocenters. The second-order valence-electron chi connectivity index (χ2n) is 13.7. The fourth-order valence-electron chi connectivity index (χ4n) is 8.23. The molecule has 3 nitrogen and oxygen atoms in total. The zero-order valence-electron chi connectivity index (χ0n) is 28.5. The van der Waals surface area contributed by atoms with Gasteiger partial charge in [-0.15, -0.1) is 11.3 Å². The van der Waals surface area contributed by atoms with Crippen molar-refractivity contribution in [2.45, 2.75) is 0 Å². The van der Waals surface area contributed by atoms with Crippen molar-refractivity contribution in [3.05, 3.63) is 192 Å². The lowest BCUT2D eigenvalue weighted by atomic mass is 10.00. The van der Waals surface area contributed by atoms with E-state index < -0.39 is 0 Å². The zero-order valence-corrected chi connectivity index (χ0v) is 29.3. The van der Waals surface area contributed by atoms with E-state index in [1.165, 1.54) is 38.1 Å². The van der Waals surface area contributed by atoms with Gasteiger partial charge in [-0.3, -0.25) is 4.79 Å². The van der Waals surface area contributed by atoms with E-state index in [2.05, 4.69) is 185 Å². The van der Waals surface area contributed by atoms with Crippen LogP contribution in [0.3, 0.4) is 0 Å². The third-order valence-electron chi connectivity index (χ3n) is 10.7. The van der Waals surface area contributed by atoms with Gasteiger partial charge in [0.2, 0.25) is 0 Å². The average molecular weight is 695 g/mol. The lowest BCUT2D eigenvalue weighted by molar-refractivity contribution is 1.18. The highest BCUT2D eigenvalue weighted by atomic mass is 32.1. The highest BCUT2D eigenvalue weighted by Gasteiger charge is 2.16. The van der Waals surface area contributed by atoms with Crippen molar-refractivity contribution in [3.8, 4) is 33.6 Å². The Hall–Kier alpha value is -6.75. The molecule has 248 valence electrons. The van der Waals surface area contributed by atoms with Crippen LogP contribution in [0, 0.1) is 0 Å². The van der Waals surface area contributed by atoms with Gasteiger partial charge in [0.15, 0.2) is 5.43 Å². The van der Waals surface area contributed by atoms with Crippen LogP contribution >= 0.6 is 11.3 Å². The van der Waals surface area contributed by atoms with Crippen LogP contribution in [-0.2, 0) is 0 Å². The van der Waals surface area contributed by atoms with E-state index >= 15 is 0 Å². The number of nitrogens with zero attached hydrogens (tertiary/aromatic N) is 2. The topological polar surface area (TPSA) is 26.9 Å². The quantitative estimate of drug-likeness (QED) is 0.169. The van der Waals surface area contributed by atoms with Gasteiger partial charge in [0.05, 0.1) is 22.1 Å². The Labute approximate surface area is 308 Å². The molecule has 3 aromatic heterocycles. The SMILES string of the molecule is O=c1c2ccc(-c3ccc4c(c3)c3ccccc3n4-c3ccccc3)cc2sc2ccc(-c3ccc4c(c3)c3ccccc3n4-c3ccccc3)cc12. The van der Waals surface area contributed by atoms with Gasteiger partial charge in [0.1, 0.15) is 0 Å². The summed E-state index contributed by atoms with van der Waals surface area (Å²) in [5, 5.41) is 6.36. The molecule has 0 aliphatic carbocycles. The predicted molar refractivity (Wildman–Crippen MR) is 225 cm³/mol. The zero-order chi connectivity index (χ0) is 35.0. The smallest absolute Gasteiger partial charge is 0.195 e. The standard InChI is InChI=1S/C49H30N2OS/c52-49-39-23-19-34(32-21-25-46-41(28-32)38-16-8-10-18-44(38)51(46)36-13-5-2-6-14-36)30-48(39)53-47-26-22-33(29-42(47)49)31-20-24-45-40(27-31)37-15-7-9-17-43(37)50(45)35-11-3-1-4-12-35/h1-30H. The Balaban J connectivity index is 1.01. The van der Waals surface area contributed by atoms with Crippen molar-refractivity contribution in [1.29, 1.82) is 0 Å². The monoisotopic (exact) mass is 694 g/mol. The summed E-state index contributed by atoms with van der Waals surface area (Å²) >= 11 is 1.68. The number of hydrogen-bond acceptors (Lipinski definition) is 2. The molecule has 3 heterocycles. The third kappa shape index (κ3) is 4.63. The van der Waals surface area contributed by atoms with Crippen LogP contribution in [0.25, 0.3) is 97.4 Å². The lowest BCUT2D eigenvalue weighted by Gasteiger charge is -2.09. The maximum Gasteiger partial charge on any atom is 0.195 e. The minimum Gasteiger partial charge on any atom is -0.309 e. The fraction of sp³-hybridized carbons (Fsp3) is 0. The van der Waals surface area contributed by atoms with Gasteiger partial charge in [-0.1, -0.05) is 97.1 Å². The maximum atomic E-state index is 14.1. The van der Waals surface area contributed by atoms with Crippen molar-refractivity contribution < 1.29 is 0 Å². The molecule has 0 spiro atoms. The van der Waals surface area contributed by atoms with Crippen LogP contribution in [0.15, 0.2) is 187 Å². The average Bonchev–Trinajstić information content (AvgIpc) is 3.73. The molecule has 11 aromatic rings. The van der Waals surface area contributed by atoms with Gasteiger partial charge in [-0.2, -0.15) is 0 Å². The molecule has 0 saturated carbocycles. The van der Waals surface area contributed by atoms with Crippen LogP contribution in [0.5, 0.6) is 0 Å². The molecule has 0 fully saturated rings. The Morgan fingerprint density at radius 2 is 0.755 bits per heavy atom. The molecular weight excluding hydrogens is 665 g/mol. The fourth-order valence-corrected chi connectivity index (χ4v) is 9.32. The Bertz CT molecular complexity index is 3300. The number of para-hydroxylation sites is 4. The second kappa shape index (κ2) is 11.6. The van der Waals surface area contributed by atoms with Crippen LogP contribution in [0.2, 0.25) is 0 Å². The number of benzene rings is 8. The minimum atomic E-state index is 0.0743. The van der Waals surface area contributed by atoms with E-state index in [0.29, 0.717) is 0 Å². The molecule has 0 N–H and O–H groups in total. The van der Waals surface area contributed by atoms with Crippen molar-refractivity contribution in [2.24, 2.45) is 0 Å². The van der Waals surface area contributed by atoms with Gasteiger partial charge in [-0.25, -0.2) is 0 Å². The van der Waals surface area contributed by atoms with Gasteiger partial charge < -0.3 is 9.13 Å². The molecule has 0 saturated heterocycles. The van der Waals surface area contributed by atoms with Gasteiger partial charge in [0.25, 0.3) is 0 Å². The number of aromatic nitrogens is 2. The first-order valence-corrected chi connectivity index (χ1v) is 18.7. The maximum absolute atomic E-state index is 14.1. The van der Waals surface area contributed by atoms with E-state index in [0.717, 1.165) is 59.3 Å². The summed E-state index contributed by atoms with van der Waals surface area (Å²) < 4.78 is 6.65. The first kappa shape index (κ1) is 29.9. The van der Waals surface area contributed by atoms with Crippen molar-refractivity contribution >= 4 is 75.1 Å². The first-order chi connectivity index (χ1) is 26.2. The van der Waals surface area contributed by atoms with Crippen LogP contribution in [0.1, 0.15) is 0 Å². The summed E-state index contributed by atoms with van der Waals surface area (Å²) in [5.74, 6) is 0. The van der Waals surface area contributed by atoms with Gasteiger partial charge >= 0.3 is 0 Å². The minimum absolute atomic E-state index is 0.0743. The largest absolute Gasteiger partial charge is 0.309 e. The molecule has 4 heteroatoms. The summed E-state index contributed by atoms with van der Waals surface area (Å²) in [7, 11) is 0. The lowest BCUT2D eigenvalue weighted by Crippen LogP contribution is -2.01. The van der Waals surface area contributed by atoms with Crippen LogP contribution in [0.4, 0.5) is 0 Å². The van der Waals surface area contributed by atoms with Crippen molar-refractivity contribution in [2.75, 3.05) is 0 Å². The third-order valence-corrected chi connectivity index (χ3v) is 11.8. The molecule has 11 rings (SSSR count). The molecule has 0 aliphatic rings. The summed E-state index contributed by atoms with van der Waals surface area (Å²) in [6, 6.07) is 64.2. The Morgan fingerprint density at radius 3 is 1.32 bits per heavy atom. The van der Waals surface area contributed by atoms with Gasteiger partial charge in [0, 0.05) is 53.1 Å². The molecule has 0 unspecified atom stereocenters. The number of hydrogen-bond donors (Lipinski definition) is 0. The van der Waals surface area contributed by atoms with E-state index in [1.54, 1.807) is 11.3 Å². The van der Waals surface area contributed by atoms with Crippen molar-refractivity contribution in [1.82, 2.24) is 9.13 Å². The van der Waals surface area contributed by atoms with Gasteiger partial charge in [-0.05, 0) is 107 Å². The van der Waals surface area contributed by atoms with E-state index in [1.807, 2.05) is 6.07 Å². The highest BCUT2D eigenvalue weighted by molar-refractivity contribution is 7.24. The van der Waals surface area contributed by atoms with E-state index in [-0.39, 0.29) is 5.43 Å². The molecular formula is C49H30N2OS. The summed E-state index contributed by atoms with van der Waals surface area (Å²) in [6.07, 6.45) is 0. The molecule has 0 radical (unpaired) electrons. The Morgan fingerprint density at radius 1 is 0.321 bits per heavy atom. The summed E-state index contributed by atoms with van der Waals surface area (Å²) in [5.41, 5.74) is 11.4. The van der Waals surface area contributed by atoms with E-state index in [4.69, 9.17) is 0 Å². The van der Waals surface area contributed by atoms with Crippen LogP contribution < -0.4 is 5.43 Å². The highest BCUT2D eigenvalue weighted by Crippen LogP contribution is 2.38. The van der Waals surface area contributed by atoms with E-state index in [9.17, 15) is 4.79 Å². The molecule has 0 aliphatic heterocycles. The number of rotatable bonds is 4. The van der Waals surface area contributed by atoms with Crippen molar-refractivity contribution in [3.63, 3.8) is 0 Å². The first-order valence-electron chi connectivity index (χ1n) is 17.9. The Kier molecular flexibility index (Phi) is 6.57. The van der Waals surface area contributed by atoms with Crippen LogP contribution in [-0.4, -0.2) is 9.13 Å². The number of fused-ring (bicyclic) bond motifs is 8. The summed E-state index contributed by atoms with van der Waals surface area (Å²) in [6.45, 7) is 0. The second-order valence-corrected chi connectivity index (χ2v) is 14.8. The molecule has 0 amide bonds. The summed E-state index contributed by atoms with van der Waals surface area (Å²) in [4.78, 5) is 14.1. The molecule has 0 bridgehead atoms.